The number of carbonyl (C=O) groups is 2. The van der Waals surface area contributed by atoms with Gasteiger partial charge in [0.2, 0.25) is 5.91 Å². The molecule has 0 spiro atoms. The fourth-order valence-electron chi connectivity index (χ4n) is 3.84. The van der Waals surface area contributed by atoms with E-state index in [2.05, 4.69) is 17.2 Å². The van der Waals surface area contributed by atoms with Crippen LogP contribution in [0.15, 0.2) is 12.1 Å². The number of nitrogens with zero attached hydrogens (tertiary/aromatic N) is 1. The minimum Gasteiger partial charge on any atom is -0.392 e. The summed E-state index contributed by atoms with van der Waals surface area (Å²) in [6, 6.07) is 5.85. The summed E-state index contributed by atoms with van der Waals surface area (Å²) >= 11 is 0. The monoisotopic (exact) mass is 366 g/mol. The average molecular weight is 366 g/mol. The molecule has 1 amide bonds. The van der Waals surface area contributed by atoms with Gasteiger partial charge in [0.05, 0.1) is 18.1 Å². The summed E-state index contributed by atoms with van der Waals surface area (Å²) in [5.74, 6) is 4.23. The van der Waals surface area contributed by atoms with Crippen molar-refractivity contribution in [2.75, 3.05) is 0 Å². The van der Waals surface area contributed by atoms with Crippen LogP contribution in [0.5, 0.6) is 0 Å². The number of Topliss-reactive ketones (excluding diaryl/α,β-unsaturated/α-hetero) is 1. The van der Waals surface area contributed by atoms with Crippen LogP contribution in [0.25, 0.3) is 0 Å². The van der Waals surface area contributed by atoms with Gasteiger partial charge in [-0.2, -0.15) is 5.26 Å². The SMILES string of the molecule is CC#Cc1cc(C)c(C2C(=O)C(CC(=O)NC(C)(C)C#N)CC2O)c(C)c1. The molecule has 1 aromatic carbocycles. The summed E-state index contributed by atoms with van der Waals surface area (Å²) < 4.78 is 0. The van der Waals surface area contributed by atoms with Crippen LogP contribution in [0.3, 0.4) is 0 Å². The molecule has 0 aromatic heterocycles. The predicted molar refractivity (Wildman–Crippen MR) is 103 cm³/mol. The van der Waals surface area contributed by atoms with E-state index < -0.39 is 23.5 Å². The van der Waals surface area contributed by atoms with Crippen LogP contribution in [-0.4, -0.2) is 28.4 Å². The Bertz CT molecular complexity index is 845. The highest BCUT2D eigenvalue weighted by molar-refractivity contribution is 5.94. The van der Waals surface area contributed by atoms with Gasteiger partial charge >= 0.3 is 0 Å². The summed E-state index contributed by atoms with van der Waals surface area (Å²) in [5.41, 5.74) is 2.56. The molecule has 142 valence electrons. The molecule has 1 aliphatic rings. The highest BCUT2D eigenvalue weighted by Gasteiger charge is 2.44. The molecule has 0 radical (unpaired) electrons. The summed E-state index contributed by atoms with van der Waals surface area (Å²) in [6.45, 7) is 8.81. The van der Waals surface area contributed by atoms with Crippen molar-refractivity contribution in [3.05, 3.63) is 34.4 Å². The van der Waals surface area contributed by atoms with E-state index in [1.54, 1.807) is 20.8 Å². The Morgan fingerprint density at radius 2 is 1.93 bits per heavy atom. The van der Waals surface area contributed by atoms with Crippen molar-refractivity contribution in [2.24, 2.45) is 5.92 Å². The van der Waals surface area contributed by atoms with Crippen LogP contribution in [0.1, 0.15) is 61.8 Å². The summed E-state index contributed by atoms with van der Waals surface area (Å²) in [4.78, 5) is 25.2. The van der Waals surface area contributed by atoms with E-state index >= 15 is 0 Å². The van der Waals surface area contributed by atoms with Crippen molar-refractivity contribution in [1.29, 1.82) is 5.26 Å². The number of hydrogen-bond donors (Lipinski definition) is 2. The van der Waals surface area contributed by atoms with Gasteiger partial charge in [0, 0.05) is 17.9 Å². The molecule has 3 atom stereocenters. The Morgan fingerprint density at radius 1 is 1.33 bits per heavy atom. The number of nitrogens with one attached hydrogen (secondary N) is 1. The number of benzene rings is 1. The topological polar surface area (TPSA) is 90.2 Å². The van der Waals surface area contributed by atoms with Crippen LogP contribution in [0.2, 0.25) is 0 Å². The third-order valence-electron chi connectivity index (χ3n) is 4.96. The number of nitriles is 1. The molecule has 3 unspecified atom stereocenters. The first-order valence-corrected chi connectivity index (χ1v) is 9.07. The van der Waals surface area contributed by atoms with Gasteiger partial charge in [-0.3, -0.25) is 9.59 Å². The number of ketones is 1. The van der Waals surface area contributed by atoms with Gasteiger partial charge in [-0.05, 0) is 69.9 Å². The number of amides is 1. The molecule has 2 N–H and O–H groups in total. The smallest absolute Gasteiger partial charge is 0.221 e. The van der Waals surface area contributed by atoms with E-state index in [0.717, 1.165) is 22.3 Å². The largest absolute Gasteiger partial charge is 0.392 e. The molecule has 1 aromatic rings. The van der Waals surface area contributed by atoms with Crippen LogP contribution in [-0.2, 0) is 9.59 Å². The van der Waals surface area contributed by atoms with Gasteiger partial charge in [0.15, 0.2) is 0 Å². The van der Waals surface area contributed by atoms with Gasteiger partial charge < -0.3 is 10.4 Å². The molecular weight excluding hydrogens is 340 g/mol. The van der Waals surface area contributed by atoms with Crippen molar-refractivity contribution in [1.82, 2.24) is 5.32 Å². The van der Waals surface area contributed by atoms with E-state index in [4.69, 9.17) is 5.26 Å². The Hall–Kier alpha value is -2.63. The van der Waals surface area contributed by atoms with E-state index in [0.29, 0.717) is 0 Å². The van der Waals surface area contributed by atoms with Gasteiger partial charge in [0.25, 0.3) is 0 Å². The Morgan fingerprint density at radius 3 is 2.44 bits per heavy atom. The minimum absolute atomic E-state index is 0.0189. The zero-order chi connectivity index (χ0) is 20.4. The molecule has 1 aliphatic carbocycles. The van der Waals surface area contributed by atoms with E-state index in [-0.39, 0.29) is 24.5 Å². The Balaban J connectivity index is 2.24. The fourth-order valence-corrected chi connectivity index (χ4v) is 3.84. The van der Waals surface area contributed by atoms with Gasteiger partial charge in [0.1, 0.15) is 11.3 Å². The zero-order valence-corrected chi connectivity index (χ0v) is 16.5. The lowest BCUT2D eigenvalue weighted by atomic mass is 9.85. The first-order valence-electron chi connectivity index (χ1n) is 9.07. The van der Waals surface area contributed by atoms with Crippen molar-refractivity contribution in [3.8, 4) is 17.9 Å². The molecule has 27 heavy (non-hydrogen) atoms. The van der Waals surface area contributed by atoms with Crippen molar-refractivity contribution < 1.29 is 14.7 Å². The molecule has 0 bridgehead atoms. The molecule has 1 fully saturated rings. The zero-order valence-electron chi connectivity index (χ0n) is 16.5. The van der Waals surface area contributed by atoms with Crippen molar-refractivity contribution in [2.45, 2.75) is 65.0 Å². The Labute approximate surface area is 160 Å². The third kappa shape index (κ3) is 4.56. The maximum atomic E-state index is 13.0. The van der Waals surface area contributed by atoms with Gasteiger partial charge in [-0.1, -0.05) is 5.92 Å². The van der Waals surface area contributed by atoms with Crippen LogP contribution in [0.4, 0.5) is 0 Å². The highest BCUT2D eigenvalue weighted by atomic mass is 16.3. The van der Waals surface area contributed by atoms with E-state index in [1.165, 1.54) is 0 Å². The second-order valence-electron chi connectivity index (χ2n) is 7.77. The molecular formula is C22H26N2O3. The highest BCUT2D eigenvalue weighted by Crippen LogP contribution is 2.40. The maximum absolute atomic E-state index is 13.0. The minimum atomic E-state index is -0.986. The number of hydrogen-bond acceptors (Lipinski definition) is 4. The summed E-state index contributed by atoms with van der Waals surface area (Å²) in [6.07, 6.45) is -0.589. The first-order chi connectivity index (χ1) is 12.6. The number of carbonyl (C=O) groups excluding carboxylic acids is 2. The lowest BCUT2D eigenvalue weighted by Crippen LogP contribution is -2.43. The first kappa shape index (κ1) is 20.7. The lowest BCUT2D eigenvalue weighted by molar-refractivity contribution is -0.128. The number of aliphatic hydroxyl groups excluding tert-OH is 1. The molecule has 0 aliphatic heterocycles. The molecule has 0 heterocycles. The van der Waals surface area contributed by atoms with Crippen LogP contribution in [0, 0.1) is 42.9 Å². The quantitative estimate of drug-likeness (QED) is 0.801. The van der Waals surface area contributed by atoms with Crippen LogP contribution >= 0.6 is 0 Å². The lowest BCUT2D eigenvalue weighted by Gasteiger charge is -2.20. The number of aryl methyl sites for hydroxylation is 2. The van der Waals surface area contributed by atoms with Crippen molar-refractivity contribution in [3.63, 3.8) is 0 Å². The second kappa shape index (κ2) is 7.94. The van der Waals surface area contributed by atoms with Gasteiger partial charge in [-0.25, -0.2) is 0 Å². The maximum Gasteiger partial charge on any atom is 0.221 e. The molecule has 0 saturated heterocycles. The van der Waals surface area contributed by atoms with Crippen molar-refractivity contribution >= 4 is 11.7 Å². The number of aliphatic hydroxyl groups is 1. The molecule has 1 saturated carbocycles. The molecule has 5 nitrogen and oxygen atoms in total. The molecule has 5 heteroatoms. The standard InChI is InChI=1S/C22H26N2O3/c1-6-7-15-8-13(2)19(14(3)9-15)20-17(25)10-16(21(20)27)11-18(26)24-22(4,5)12-23/h8-9,16-17,20,25H,10-11H2,1-5H3,(H,24,26). The van der Waals surface area contributed by atoms with E-state index in [1.807, 2.05) is 32.0 Å². The molecule has 2 rings (SSSR count). The number of rotatable bonds is 4. The van der Waals surface area contributed by atoms with Crippen LogP contribution < -0.4 is 5.32 Å². The summed E-state index contributed by atoms with van der Waals surface area (Å²) in [5, 5.41) is 22.2. The normalized spacial score (nSPS) is 22.0. The van der Waals surface area contributed by atoms with E-state index in [9.17, 15) is 14.7 Å². The predicted octanol–water partition coefficient (Wildman–Crippen LogP) is 2.52. The second-order valence-corrected chi connectivity index (χ2v) is 7.77. The summed E-state index contributed by atoms with van der Waals surface area (Å²) in [7, 11) is 0. The Kier molecular flexibility index (Phi) is 6.08. The van der Waals surface area contributed by atoms with Gasteiger partial charge in [-0.15, -0.1) is 5.92 Å². The third-order valence-corrected chi connectivity index (χ3v) is 4.96. The average Bonchev–Trinajstić information content (AvgIpc) is 2.81. The fraction of sp³-hybridized carbons (Fsp3) is 0.500.